The zero-order chi connectivity index (χ0) is 10.2. The third-order valence-corrected chi connectivity index (χ3v) is 1.44. The van der Waals surface area contributed by atoms with Crippen LogP contribution < -0.4 is 5.73 Å². The van der Waals surface area contributed by atoms with Crippen molar-refractivity contribution in [2.75, 3.05) is 26.4 Å². The van der Waals surface area contributed by atoms with Crippen molar-refractivity contribution in [1.82, 2.24) is 0 Å². The Morgan fingerprint density at radius 3 is 2.62 bits per heavy atom. The first-order valence-corrected chi connectivity index (χ1v) is 4.48. The van der Waals surface area contributed by atoms with Crippen LogP contribution in [0, 0.1) is 0 Å². The van der Waals surface area contributed by atoms with E-state index < -0.39 is 0 Å². The van der Waals surface area contributed by atoms with Crippen LogP contribution >= 0.6 is 0 Å². The van der Waals surface area contributed by atoms with E-state index in [1.54, 1.807) is 0 Å². The molecule has 0 aliphatic heterocycles. The molecule has 0 atom stereocenters. The van der Waals surface area contributed by atoms with Gasteiger partial charge in [0.25, 0.3) is 0 Å². The molecule has 0 heterocycles. The number of aldehydes is 1. The van der Waals surface area contributed by atoms with E-state index in [2.05, 4.69) is 0 Å². The molecule has 0 unspecified atom stereocenters. The predicted molar refractivity (Wildman–Crippen MR) is 50.6 cm³/mol. The molecular weight excluding hydrogens is 170 g/mol. The summed E-state index contributed by atoms with van der Waals surface area (Å²) < 4.78 is 10.7. The van der Waals surface area contributed by atoms with Gasteiger partial charge in [-0.3, -0.25) is 0 Å². The normalized spacial score (nSPS) is 11.6. The van der Waals surface area contributed by atoms with Gasteiger partial charge in [0.15, 0.2) is 0 Å². The maximum absolute atomic E-state index is 10.0. The summed E-state index contributed by atoms with van der Waals surface area (Å²) in [5.41, 5.74) is 4.93. The fourth-order valence-electron chi connectivity index (χ4n) is 0.826. The number of ether oxygens (including phenoxy) is 2. The molecule has 4 nitrogen and oxygen atoms in total. The van der Waals surface area contributed by atoms with Crippen molar-refractivity contribution >= 4 is 6.29 Å². The minimum absolute atomic E-state index is 0.335. The van der Waals surface area contributed by atoms with Crippen LogP contribution in [-0.4, -0.2) is 38.3 Å². The second-order valence-corrected chi connectivity index (χ2v) is 3.40. The maximum atomic E-state index is 10.0. The van der Waals surface area contributed by atoms with E-state index in [1.165, 1.54) is 0 Å². The van der Waals surface area contributed by atoms with Crippen LogP contribution in [0.3, 0.4) is 0 Å². The second-order valence-electron chi connectivity index (χ2n) is 3.40. The van der Waals surface area contributed by atoms with Crippen molar-refractivity contribution in [2.45, 2.75) is 25.9 Å². The molecule has 0 rings (SSSR count). The second kappa shape index (κ2) is 7.00. The van der Waals surface area contributed by atoms with Gasteiger partial charge in [-0.1, -0.05) is 0 Å². The van der Waals surface area contributed by atoms with E-state index in [9.17, 15) is 4.79 Å². The SMILES string of the molecule is CC(C)(COCCN)OCCC=O. The van der Waals surface area contributed by atoms with Crippen molar-refractivity contribution in [3.05, 3.63) is 0 Å². The van der Waals surface area contributed by atoms with Crippen LogP contribution in [-0.2, 0) is 14.3 Å². The first-order chi connectivity index (χ1) is 6.12. The highest BCUT2D eigenvalue weighted by Crippen LogP contribution is 2.09. The lowest BCUT2D eigenvalue weighted by Gasteiger charge is -2.24. The lowest BCUT2D eigenvalue weighted by atomic mass is 10.1. The number of hydrogen-bond acceptors (Lipinski definition) is 4. The van der Waals surface area contributed by atoms with Gasteiger partial charge in [-0.05, 0) is 13.8 Å². The number of hydrogen-bond donors (Lipinski definition) is 1. The van der Waals surface area contributed by atoms with Crippen molar-refractivity contribution in [1.29, 1.82) is 0 Å². The third kappa shape index (κ3) is 7.90. The molecule has 4 heteroatoms. The van der Waals surface area contributed by atoms with Crippen LogP contribution in [0.25, 0.3) is 0 Å². The zero-order valence-electron chi connectivity index (χ0n) is 8.41. The predicted octanol–water partition coefficient (Wildman–Crippen LogP) is 0.346. The summed E-state index contributed by atoms with van der Waals surface area (Å²) >= 11 is 0. The van der Waals surface area contributed by atoms with E-state index in [1.807, 2.05) is 13.8 Å². The smallest absolute Gasteiger partial charge is 0.122 e. The van der Waals surface area contributed by atoms with Gasteiger partial charge < -0.3 is 20.0 Å². The molecule has 0 bridgehead atoms. The lowest BCUT2D eigenvalue weighted by Crippen LogP contribution is -2.32. The summed E-state index contributed by atoms with van der Waals surface area (Å²) in [4.78, 5) is 10.0. The van der Waals surface area contributed by atoms with E-state index in [-0.39, 0.29) is 5.60 Å². The van der Waals surface area contributed by atoms with E-state index in [0.29, 0.717) is 32.8 Å². The van der Waals surface area contributed by atoms with E-state index >= 15 is 0 Å². The molecule has 0 aromatic carbocycles. The first kappa shape index (κ1) is 12.6. The fourth-order valence-corrected chi connectivity index (χ4v) is 0.826. The van der Waals surface area contributed by atoms with Gasteiger partial charge >= 0.3 is 0 Å². The highest BCUT2D eigenvalue weighted by Gasteiger charge is 2.17. The average molecular weight is 189 g/mol. The topological polar surface area (TPSA) is 61.6 Å². The van der Waals surface area contributed by atoms with Gasteiger partial charge in [0, 0.05) is 13.0 Å². The van der Waals surface area contributed by atoms with Crippen LogP contribution in [0.5, 0.6) is 0 Å². The van der Waals surface area contributed by atoms with E-state index in [0.717, 1.165) is 6.29 Å². The lowest BCUT2D eigenvalue weighted by molar-refractivity contribution is -0.112. The Labute approximate surface area is 79.4 Å². The number of rotatable bonds is 8. The Morgan fingerprint density at radius 2 is 2.08 bits per heavy atom. The van der Waals surface area contributed by atoms with Gasteiger partial charge in [0.2, 0.25) is 0 Å². The van der Waals surface area contributed by atoms with Crippen LogP contribution in [0.15, 0.2) is 0 Å². The molecule has 0 aliphatic carbocycles. The molecule has 78 valence electrons. The van der Waals surface area contributed by atoms with Crippen LogP contribution in [0.1, 0.15) is 20.3 Å². The van der Waals surface area contributed by atoms with Crippen molar-refractivity contribution in [3.63, 3.8) is 0 Å². The molecule has 13 heavy (non-hydrogen) atoms. The summed E-state index contributed by atoms with van der Waals surface area (Å²) in [7, 11) is 0. The van der Waals surface area contributed by atoms with Crippen molar-refractivity contribution in [2.24, 2.45) is 5.73 Å². The monoisotopic (exact) mass is 189 g/mol. The standard InChI is InChI=1S/C9H19NO3/c1-9(2,8-12-7-4-10)13-6-3-5-11/h5H,3-4,6-8,10H2,1-2H3. The first-order valence-electron chi connectivity index (χ1n) is 4.48. The highest BCUT2D eigenvalue weighted by atomic mass is 16.5. The highest BCUT2D eigenvalue weighted by molar-refractivity contribution is 5.49. The van der Waals surface area contributed by atoms with Crippen molar-refractivity contribution < 1.29 is 14.3 Å². The largest absolute Gasteiger partial charge is 0.377 e. The quantitative estimate of drug-likeness (QED) is 0.442. The number of carbonyl (C=O) groups is 1. The molecular formula is C9H19NO3. The Kier molecular flexibility index (Phi) is 6.76. The molecule has 0 fully saturated rings. The van der Waals surface area contributed by atoms with Gasteiger partial charge in [0.1, 0.15) is 6.29 Å². The molecule has 0 spiro atoms. The van der Waals surface area contributed by atoms with Crippen LogP contribution in [0.4, 0.5) is 0 Å². The van der Waals surface area contributed by atoms with Gasteiger partial charge in [-0.25, -0.2) is 0 Å². The minimum atomic E-state index is -0.335. The number of carbonyl (C=O) groups excluding carboxylic acids is 1. The third-order valence-electron chi connectivity index (χ3n) is 1.44. The fraction of sp³-hybridized carbons (Fsp3) is 0.889. The summed E-state index contributed by atoms with van der Waals surface area (Å²) in [6.45, 7) is 5.86. The van der Waals surface area contributed by atoms with Crippen molar-refractivity contribution in [3.8, 4) is 0 Å². The zero-order valence-corrected chi connectivity index (χ0v) is 8.41. The van der Waals surface area contributed by atoms with E-state index in [4.69, 9.17) is 15.2 Å². The number of nitrogens with two attached hydrogens (primary N) is 1. The molecule has 0 aliphatic rings. The van der Waals surface area contributed by atoms with Gasteiger partial charge in [-0.2, -0.15) is 0 Å². The Hall–Kier alpha value is -0.450. The average Bonchev–Trinajstić information content (AvgIpc) is 2.05. The Morgan fingerprint density at radius 1 is 1.38 bits per heavy atom. The summed E-state index contributed by atoms with van der Waals surface area (Å²) in [5.74, 6) is 0. The molecule has 2 N–H and O–H groups in total. The molecule has 0 saturated heterocycles. The molecule has 0 saturated carbocycles. The van der Waals surface area contributed by atoms with Gasteiger partial charge in [0.05, 0.1) is 25.4 Å². The summed E-state index contributed by atoms with van der Waals surface area (Å²) in [5, 5.41) is 0. The molecule has 0 amide bonds. The summed E-state index contributed by atoms with van der Waals surface area (Å²) in [6, 6.07) is 0. The van der Waals surface area contributed by atoms with Crippen LogP contribution in [0.2, 0.25) is 0 Å². The summed E-state index contributed by atoms with van der Waals surface area (Å²) in [6.07, 6.45) is 1.27. The minimum Gasteiger partial charge on any atom is -0.377 e. The van der Waals surface area contributed by atoms with Gasteiger partial charge in [-0.15, -0.1) is 0 Å². The Bertz CT molecular complexity index is 137. The Balaban J connectivity index is 3.47. The molecule has 0 aromatic heterocycles. The molecule has 0 radical (unpaired) electrons. The molecule has 0 aromatic rings. The maximum Gasteiger partial charge on any atom is 0.122 e.